The summed E-state index contributed by atoms with van der Waals surface area (Å²) in [5, 5.41) is 2.91. The topological polar surface area (TPSA) is 92.5 Å². The van der Waals surface area contributed by atoms with Gasteiger partial charge in [-0.1, -0.05) is 19.3 Å². The maximum Gasteiger partial charge on any atom is 0.237 e. The van der Waals surface area contributed by atoms with E-state index in [1.807, 2.05) is 14.1 Å². The van der Waals surface area contributed by atoms with Gasteiger partial charge in [0.25, 0.3) is 0 Å². The molecule has 0 aromatic heterocycles. The summed E-state index contributed by atoms with van der Waals surface area (Å²) in [5.74, 6) is -0.314. The minimum atomic E-state index is -3.08. The third kappa shape index (κ3) is 5.92. The average Bonchev–Trinajstić information content (AvgIpc) is 2.42. The average molecular weight is 319 g/mol. The van der Waals surface area contributed by atoms with Gasteiger partial charge in [0.15, 0.2) is 0 Å². The number of carbonyl (C=O) groups is 1. The van der Waals surface area contributed by atoms with Gasteiger partial charge >= 0.3 is 0 Å². The van der Waals surface area contributed by atoms with Crippen molar-refractivity contribution in [2.24, 2.45) is 5.73 Å². The third-order valence-corrected chi connectivity index (χ3v) is 5.44. The highest BCUT2D eigenvalue weighted by Gasteiger charge is 2.34. The van der Waals surface area contributed by atoms with Crippen LogP contribution < -0.4 is 11.1 Å². The van der Waals surface area contributed by atoms with Crippen LogP contribution in [0.4, 0.5) is 0 Å². The first-order valence-electron chi connectivity index (χ1n) is 7.55. The highest BCUT2D eigenvalue weighted by atomic mass is 32.2. The minimum absolute atomic E-state index is 0.00443. The maximum atomic E-state index is 12.0. The van der Waals surface area contributed by atoms with Crippen LogP contribution in [0.2, 0.25) is 0 Å². The molecular weight excluding hydrogens is 290 g/mol. The second-order valence-corrected chi connectivity index (χ2v) is 8.68. The Morgan fingerprint density at radius 2 is 1.86 bits per heavy atom. The standard InChI is InChI=1S/C14H29N3O3S/c1-17(2)14(8-5-4-6-9-14)11-16-13(18)12(15)7-10-21(3,19)20/h12H,4-11,15H2,1-3H3,(H,16,18). The number of nitrogens with one attached hydrogen (secondary N) is 1. The number of sulfone groups is 1. The largest absolute Gasteiger partial charge is 0.353 e. The summed E-state index contributed by atoms with van der Waals surface area (Å²) < 4.78 is 22.2. The third-order valence-electron chi connectivity index (χ3n) is 4.46. The molecule has 1 fully saturated rings. The van der Waals surface area contributed by atoms with Gasteiger partial charge in [0.1, 0.15) is 9.84 Å². The van der Waals surface area contributed by atoms with Crippen LogP contribution in [0.15, 0.2) is 0 Å². The van der Waals surface area contributed by atoms with Crippen molar-refractivity contribution in [2.75, 3.05) is 32.6 Å². The molecule has 7 heteroatoms. The number of rotatable bonds is 7. The van der Waals surface area contributed by atoms with E-state index in [0.29, 0.717) is 6.54 Å². The van der Waals surface area contributed by atoms with Crippen molar-refractivity contribution in [1.82, 2.24) is 10.2 Å². The number of nitrogens with two attached hydrogens (primary N) is 1. The summed E-state index contributed by atoms with van der Waals surface area (Å²) in [5.41, 5.74) is 5.77. The second kappa shape index (κ2) is 7.56. The van der Waals surface area contributed by atoms with Crippen LogP contribution in [-0.4, -0.2) is 63.5 Å². The molecule has 3 N–H and O–H groups in total. The van der Waals surface area contributed by atoms with E-state index in [9.17, 15) is 13.2 Å². The number of likely N-dealkylation sites (N-methyl/N-ethyl adjacent to an activating group) is 1. The van der Waals surface area contributed by atoms with E-state index < -0.39 is 15.9 Å². The molecule has 0 aromatic rings. The molecule has 1 unspecified atom stereocenters. The summed E-state index contributed by atoms with van der Waals surface area (Å²) in [6.45, 7) is 0.575. The van der Waals surface area contributed by atoms with Gasteiger partial charge in [-0.15, -0.1) is 0 Å². The Kier molecular flexibility index (Phi) is 6.62. The monoisotopic (exact) mass is 319 g/mol. The van der Waals surface area contributed by atoms with E-state index in [2.05, 4.69) is 10.2 Å². The highest BCUT2D eigenvalue weighted by molar-refractivity contribution is 7.90. The molecule has 6 nitrogen and oxygen atoms in total. The Labute approximate surface area is 128 Å². The van der Waals surface area contributed by atoms with Gasteiger partial charge in [-0.3, -0.25) is 4.79 Å². The molecule has 0 aromatic carbocycles. The van der Waals surface area contributed by atoms with Gasteiger partial charge in [0.05, 0.1) is 11.8 Å². The van der Waals surface area contributed by atoms with Crippen LogP contribution in [0, 0.1) is 0 Å². The molecule has 0 aliphatic heterocycles. The first kappa shape index (κ1) is 18.4. The predicted octanol–water partition coefficient (Wildman–Crippen LogP) is 0.129. The smallest absolute Gasteiger partial charge is 0.237 e. The van der Waals surface area contributed by atoms with E-state index >= 15 is 0 Å². The van der Waals surface area contributed by atoms with Crippen molar-refractivity contribution in [3.05, 3.63) is 0 Å². The number of hydrogen-bond donors (Lipinski definition) is 2. The van der Waals surface area contributed by atoms with E-state index in [0.717, 1.165) is 19.1 Å². The fourth-order valence-corrected chi connectivity index (χ4v) is 3.53. The van der Waals surface area contributed by atoms with E-state index in [1.54, 1.807) is 0 Å². The molecule has 124 valence electrons. The zero-order chi connectivity index (χ0) is 16.1. The Bertz CT molecular complexity index is 442. The molecule has 1 aliphatic rings. The van der Waals surface area contributed by atoms with Crippen molar-refractivity contribution < 1.29 is 13.2 Å². The maximum absolute atomic E-state index is 12.0. The van der Waals surface area contributed by atoms with Crippen LogP contribution >= 0.6 is 0 Å². The Morgan fingerprint density at radius 1 is 1.29 bits per heavy atom. The molecule has 0 radical (unpaired) electrons. The summed E-state index contributed by atoms with van der Waals surface area (Å²) in [7, 11) is 1.00. The second-order valence-electron chi connectivity index (χ2n) is 6.42. The van der Waals surface area contributed by atoms with Crippen LogP contribution in [0.25, 0.3) is 0 Å². The number of nitrogens with zero attached hydrogens (tertiary/aromatic N) is 1. The van der Waals surface area contributed by atoms with Crippen LogP contribution in [0.3, 0.4) is 0 Å². The fraction of sp³-hybridized carbons (Fsp3) is 0.929. The molecule has 1 amide bonds. The molecule has 1 saturated carbocycles. The lowest BCUT2D eigenvalue weighted by atomic mass is 9.80. The summed E-state index contributed by atoms with van der Waals surface area (Å²) in [6.07, 6.45) is 7.05. The van der Waals surface area contributed by atoms with Crippen molar-refractivity contribution in [2.45, 2.75) is 50.1 Å². The minimum Gasteiger partial charge on any atom is -0.353 e. The molecule has 21 heavy (non-hydrogen) atoms. The molecule has 1 atom stereocenters. The van der Waals surface area contributed by atoms with Crippen LogP contribution in [0.5, 0.6) is 0 Å². The van der Waals surface area contributed by atoms with Crippen molar-refractivity contribution >= 4 is 15.7 Å². The van der Waals surface area contributed by atoms with Crippen LogP contribution in [-0.2, 0) is 14.6 Å². The molecule has 0 bridgehead atoms. The lowest BCUT2D eigenvalue weighted by Gasteiger charge is -2.43. The van der Waals surface area contributed by atoms with Gasteiger partial charge in [0, 0.05) is 18.3 Å². The highest BCUT2D eigenvalue weighted by Crippen LogP contribution is 2.31. The molecule has 0 heterocycles. The van der Waals surface area contributed by atoms with Gasteiger partial charge in [-0.2, -0.15) is 0 Å². The zero-order valence-corrected chi connectivity index (χ0v) is 14.2. The SMILES string of the molecule is CN(C)C1(CNC(=O)C(N)CCS(C)(=O)=O)CCCCC1. The molecular formula is C14H29N3O3S. The lowest BCUT2D eigenvalue weighted by Crippen LogP contribution is -2.55. The predicted molar refractivity (Wildman–Crippen MR) is 84.8 cm³/mol. The zero-order valence-electron chi connectivity index (χ0n) is 13.4. The summed E-state index contributed by atoms with van der Waals surface area (Å²) in [6, 6.07) is -0.762. The first-order valence-corrected chi connectivity index (χ1v) is 9.61. The van der Waals surface area contributed by atoms with Gasteiger partial charge in [-0.05, 0) is 33.4 Å². The number of hydrogen-bond acceptors (Lipinski definition) is 5. The quantitative estimate of drug-likeness (QED) is 0.696. The summed E-state index contributed by atoms with van der Waals surface area (Å²) >= 11 is 0. The Balaban J connectivity index is 2.50. The fourth-order valence-electron chi connectivity index (χ4n) is 2.85. The van der Waals surface area contributed by atoms with E-state index in [-0.39, 0.29) is 23.6 Å². The van der Waals surface area contributed by atoms with Crippen molar-refractivity contribution in [1.29, 1.82) is 0 Å². The lowest BCUT2D eigenvalue weighted by molar-refractivity contribution is -0.123. The van der Waals surface area contributed by atoms with Crippen LogP contribution in [0.1, 0.15) is 38.5 Å². The van der Waals surface area contributed by atoms with E-state index in [4.69, 9.17) is 5.73 Å². The number of carbonyl (C=O) groups excluding carboxylic acids is 1. The van der Waals surface area contributed by atoms with Gasteiger partial charge in [0.2, 0.25) is 5.91 Å². The van der Waals surface area contributed by atoms with Gasteiger partial charge < -0.3 is 16.0 Å². The normalized spacial score (nSPS) is 20.2. The molecule has 0 saturated heterocycles. The Hall–Kier alpha value is -0.660. The van der Waals surface area contributed by atoms with Crippen molar-refractivity contribution in [3.8, 4) is 0 Å². The van der Waals surface area contributed by atoms with E-state index in [1.165, 1.54) is 19.3 Å². The molecule has 1 rings (SSSR count). The molecule has 1 aliphatic carbocycles. The van der Waals surface area contributed by atoms with Gasteiger partial charge in [-0.25, -0.2) is 8.42 Å². The Morgan fingerprint density at radius 3 is 2.33 bits per heavy atom. The molecule has 0 spiro atoms. The van der Waals surface area contributed by atoms with Crippen molar-refractivity contribution in [3.63, 3.8) is 0 Å². The number of amides is 1. The summed E-state index contributed by atoms with van der Waals surface area (Å²) in [4.78, 5) is 14.2. The first-order chi connectivity index (χ1) is 9.66.